The number of nitrogens with one attached hydrogen (secondary N) is 2. The summed E-state index contributed by atoms with van der Waals surface area (Å²) in [5.74, 6) is -2.98. The second-order valence-corrected chi connectivity index (χ2v) is 9.29. The van der Waals surface area contributed by atoms with Gasteiger partial charge in [-0.25, -0.2) is 4.98 Å². The molecule has 2 N–H and O–H groups in total. The molecule has 42 heavy (non-hydrogen) atoms. The van der Waals surface area contributed by atoms with E-state index >= 15 is 0 Å². The molecule has 0 saturated carbocycles. The predicted molar refractivity (Wildman–Crippen MR) is 144 cm³/mol. The molecular formula is C26H29N7O9. The number of esters is 3. The van der Waals surface area contributed by atoms with E-state index in [4.69, 9.17) is 18.9 Å². The highest BCUT2D eigenvalue weighted by Gasteiger charge is 2.52. The lowest BCUT2D eigenvalue weighted by Gasteiger charge is -2.24. The second-order valence-electron chi connectivity index (χ2n) is 9.29. The van der Waals surface area contributed by atoms with Crippen LogP contribution in [-0.2, 0) is 44.5 Å². The van der Waals surface area contributed by atoms with Gasteiger partial charge in [0, 0.05) is 27.7 Å². The summed E-state index contributed by atoms with van der Waals surface area (Å²) in [5.41, 5.74) is 0.523. The van der Waals surface area contributed by atoms with E-state index in [1.807, 2.05) is 19.1 Å². The maximum atomic E-state index is 13.0. The number of carbonyl (C=O) groups excluding carboxylic acids is 4. The van der Waals surface area contributed by atoms with E-state index < -0.39 is 53.9 Å². The lowest BCUT2D eigenvalue weighted by Crippen LogP contribution is -2.40. The van der Waals surface area contributed by atoms with Crippen LogP contribution in [0.1, 0.15) is 46.4 Å². The number of imidazole rings is 1. The highest BCUT2D eigenvalue weighted by Crippen LogP contribution is 2.39. The number of azo groups is 1. The molecule has 1 aliphatic heterocycles. The summed E-state index contributed by atoms with van der Waals surface area (Å²) in [5, 5.41) is 10.9. The van der Waals surface area contributed by atoms with Gasteiger partial charge in [-0.1, -0.05) is 19.1 Å². The van der Waals surface area contributed by atoms with E-state index in [1.54, 1.807) is 12.1 Å². The Bertz CT molecular complexity index is 1600. The van der Waals surface area contributed by atoms with E-state index in [0.29, 0.717) is 5.69 Å². The third-order valence-electron chi connectivity index (χ3n) is 6.02. The Morgan fingerprint density at radius 2 is 1.64 bits per heavy atom. The smallest absolute Gasteiger partial charge is 0.303 e. The molecule has 1 fully saturated rings. The third-order valence-corrected chi connectivity index (χ3v) is 6.02. The maximum absolute atomic E-state index is 13.0. The molecular weight excluding hydrogens is 554 g/mol. The van der Waals surface area contributed by atoms with E-state index in [1.165, 1.54) is 18.4 Å². The van der Waals surface area contributed by atoms with Crippen molar-refractivity contribution in [2.45, 2.75) is 65.6 Å². The quantitative estimate of drug-likeness (QED) is 0.212. The van der Waals surface area contributed by atoms with Crippen molar-refractivity contribution in [1.82, 2.24) is 19.5 Å². The summed E-state index contributed by atoms with van der Waals surface area (Å²) < 4.78 is 23.4. The molecule has 0 spiro atoms. The van der Waals surface area contributed by atoms with Gasteiger partial charge in [-0.2, -0.15) is 4.98 Å². The number of aromatic nitrogens is 4. The molecule has 1 aliphatic rings. The Labute approximate surface area is 238 Å². The highest BCUT2D eigenvalue weighted by molar-refractivity contribution is 5.87. The Balaban J connectivity index is 1.90. The van der Waals surface area contributed by atoms with Crippen LogP contribution < -0.4 is 10.9 Å². The molecule has 1 unspecified atom stereocenters. The number of aryl methyl sites for hydroxylation is 1. The van der Waals surface area contributed by atoms with Crippen molar-refractivity contribution in [3.05, 3.63) is 40.2 Å². The van der Waals surface area contributed by atoms with Crippen molar-refractivity contribution < 1.29 is 38.1 Å². The monoisotopic (exact) mass is 583 g/mol. The largest absolute Gasteiger partial charge is 0.463 e. The van der Waals surface area contributed by atoms with Crippen LogP contribution in [0.15, 0.2) is 39.3 Å². The van der Waals surface area contributed by atoms with Crippen LogP contribution in [0, 0.1) is 0 Å². The SMILES string of the molecule is CCc1ccc(N=Nc2nc3c(=O)[nH]c(NC(C)=O)nc3n2[C@@H]2O[C@H](COC(C)=O)[C@H](OC(C)=O)C2OC(C)=O)cc1. The number of benzene rings is 1. The Morgan fingerprint density at radius 1 is 0.976 bits per heavy atom. The normalized spacial score (nSPS) is 20.0. The molecule has 0 radical (unpaired) electrons. The Hall–Kier alpha value is -4.99. The van der Waals surface area contributed by atoms with Gasteiger partial charge in [0.1, 0.15) is 12.7 Å². The van der Waals surface area contributed by atoms with Crippen molar-refractivity contribution in [2.75, 3.05) is 11.9 Å². The van der Waals surface area contributed by atoms with Crippen LogP contribution in [0.4, 0.5) is 17.6 Å². The Kier molecular flexibility index (Phi) is 9.05. The number of anilines is 1. The topological polar surface area (TPSA) is 206 Å². The van der Waals surface area contributed by atoms with Gasteiger partial charge in [0.25, 0.3) is 11.5 Å². The number of amides is 1. The minimum absolute atomic E-state index is 0.116. The molecule has 0 bridgehead atoms. The number of ether oxygens (including phenoxy) is 4. The van der Waals surface area contributed by atoms with Gasteiger partial charge in [0.05, 0.1) is 5.69 Å². The molecule has 4 rings (SSSR count). The standard InChI is InChI=1S/C26H29N7O9/c1-6-16-7-9-17(10-8-16)31-32-26-28-19-22(29-25(27-12(2)34)30-23(19)38)33(26)24-21(41-15(5)37)20(40-14(4)36)18(42-24)11-39-13(3)35/h7-10,18,20-21,24H,6,11H2,1-5H3,(H2,27,29,30,34,38)/t18-,20+,21?,24-/m1/s1. The maximum Gasteiger partial charge on any atom is 0.303 e. The van der Waals surface area contributed by atoms with Gasteiger partial charge in [-0.15, -0.1) is 10.2 Å². The molecule has 0 aliphatic carbocycles. The fourth-order valence-electron chi connectivity index (χ4n) is 4.30. The minimum atomic E-state index is -1.35. The molecule has 222 valence electrons. The lowest BCUT2D eigenvalue weighted by molar-refractivity contribution is -0.166. The molecule has 1 amide bonds. The zero-order valence-electron chi connectivity index (χ0n) is 23.4. The number of rotatable bonds is 9. The number of fused-ring (bicyclic) bond motifs is 1. The molecule has 2 aromatic heterocycles. The van der Waals surface area contributed by atoms with E-state index in [0.717, 1.165) is 25.8 Å². The van der Waals surface area contributed by atoms with Crippen LogP contribution in [0.25, 0.3) is 11.2 Å². The average Bonchev–Trinajstić information content (AvgIpc) is 3.43. The van der Waals surface area contributed by atoms with Gasteiger partial charge < -0.3 is 18.9 Å². The molecule has 1 aromatic carbocycles. The second kappa shape index (κ2) is 12.7. The predicted octanol–water partition coefficient (Wildman–Crippen LogP) is 2.38. The lowest BCUT2D eigenvalue weighted by atomic mass is 10.1. The fourth-order valence-corrected chi connectivity index (χ4v) is 4.30. The van der Waals surface area contributed by atoms with E-state index in [2.05, 4.69) is 30.5 Å². The van der Waals surface area contributed by atoms with E-state index in [-0.39, 0.29) is 29.7 Å². The minimum Gasteiger partial charge on any atom is -0.463 e. The molecule has 3 aromatic rings. The summed E-state index contributed by atoms with van der Waals surface area (Å²) in [4.78, 5) is 71.4. The molecule has 16 nitrogen and oxygen atoms in total. The molecule has 4 atom stereocenters. The number of hydrogen-bond donors (Lipinski definition) is 2. The fraction of sp³-hybridized carbons (Fsp3) is 0.423. The van der Waals surface area contributed by atoms with Crippen LogP contribution in [-0.4, -0.2) is 68.3 Å². The van der Waals surface area contributed by atoms with Crippen LogP contribution in [0.5, 0.6) is 0 Å². The number of nitrogens with zero attached hydrogens (tertiary/aromatic N) is 5. The van der Waals surface area contributed by atoms with E-state index in [9.17, 15) is 24.0 Å². The number of carbonyl (C=O) groups is 4. The summed E-state index contributed by atoms with van der Waals surface area (Å²) >= 11 is 0. The van der Waals surface area contributed by atoms with Gasteiger partial charge in [-0.3, -0.25) is 38.8 Å². The van der Waals surface area contributed by atoms with Crippen molar-refractivity contribution >= 4 is 52.6 Å². The summed E-state index contributed by atoms with van der Waals surface area (Å²) in [6, 6.07) is 7.25. The average molecular weight is 584 g/mol. The first-order chi connectivity index (χ1) is 20.0. The van der Waals surface area contributed by atoms with Gasteiger partial charge in [0.15, 0.2) is 29.6 Å². The van der Waals surface area contributed by atoms with Crippen LogP contribution in [0.3, 0.4) is 0 Å². The summed E-state index contributed by atoms with van der Waals surface area (Å²) in [6.45, 7) is 6.36. The molecule has 16 heteroatoms. The number of hydrogen-bond acceptors (Lipinski definition) is 13. The van der Waals surface area contributed by atoms with Gasteiger partial charge in [-0.05, 0) is 24.1 Å². The Morgan fingerprint density at radius 3 is 2.24 bits per heavy atom. The van der Waals surface area contributed by atoms with Crippen molar-refractivity contribution in [2.24, 2.45) is 10.2 Å². The van der Waals surface area contributed by atoms with Crippen molar-refractivity contribution in [3.63, 3.8) is 0 Å². The first-order valence-electron chi connectivity index (χ1n) is 12.9. The summed E-state index contributed by atoms with van der Waals surface area (Å²) in [6.07, 6.45) is -4.19. The third kappa shape index (κ3) is 6.83. The molecule has 1 saturated heterocycles. The first-order valence-corrected chi connectivity index (χ1v) is 12.9. The van der Waals surface area contributed by atoms with Gasteiger partial charge >= 0.3 is 17.9 Å². The zero-order valence-corrected chi connectivity index (χ0v) is 23.4. The number of aromatic amines is 1. The van der Waals surface area contributed by atoms with Crippen molar-refractivity contribution in [3.8, 4) is 0 Å². The zero-order chi connectivity index (χ0) is 30.6. The highest BCUT2D eigenvalue weighted by atomic mass is 16.7. The van der Waals surface area contributed by atoms with Crippen LogP contribution in [0.2, 0.25) is 0 Å². The van der Waals surface area contributed by atoms with Crippen molar-refractivity contribution in [1.29, 1.82) is 0 Å². The number of H-pyrrole nitrogens is 1. The van der Waals surface area contributed by atoms with Gasteiger partial charge in [0.2, 0.25) is 11.9 Å². The molecule has 3 heterocycles. The van der Waals surface area contributed by atoms with Crippen LogP contribution >= 0.6 is 0 Å². The summed E-state index contributed by atoms with van der Waals surface area (Å²) in [7, 11) is 0. The first kappa shape index (κ1) is 30.0.